The van der Waals surface area contributed by atoms with Gasteiger partial charge in [0, 0.05) is 12.1 Å². The van der Waals surface area contributed by atoms with E-state index < -0.39 is 0 Å². The molecule has 5 nitrogen and oxygen atoms in total. The van der Waals surface area contributed by atoms with Gasteiger partial charge < -0.3 is 4.74 Å². The first kappa shape index (κ1) is 16.8. The molecule has 1 fully saturated rings. The van der Waals surface area contributed by atoms with E-state index in [1.807, 2.05) is 31.2 Å². The number of ether oxygens (including phenoxy) is 1. The molecule has 26 heavy (non-hydrogen) atoms. The molecule has 0 radical (unpaired) electrons. The van der Waals surface area contributed by atoms with Crippen LogP contribution in [0.15, 0.2) is 53.7 Å². The molecule has 7 heteroatoms. The second-order valence-corrected chi connectivity index (χ2v) is 7.19. The Labute approximate surface area is 154 Å². The van der Waals surface area contributed by atoms with Crippen molar-refractivity contribution in [2.24, 2.45) is 0 Å². The zero-order valence-electron chi connectivity index (χ0n) is 14.1. The Bertz CT molecular complexity index is 956. The van der Waals surface area contributed by atoms with Crippen LogP contribution in [0.1, 0.15) is 12.0 Å². The highest BCUT2D eigenvalue weighted by molar-refractivity contribution is 8.00. The predicted molar refractivity (Wildman–Crippen MR) is 96.7 cm³/mol. The molecule has 0 aliphatic carbocycles. The van der Waals surface area contributed by atoms with Crippen LogP contribution in [0, 0.1) is 12.7 Å². The lowest BCUT2D eigenvalue weighted by atomic mass is 10.2. The number of hydrogen-bond donors (Lipinski definition) is 0. The Morgan fingerprint density at radius 3 is 2.62 bits per heavy atom. The normalized spacial score (nSPS) is 16.7. The van der Waals surface area contributed by atoms with E-state index in [0.717, 1.165) is 11.3 Å². The average Bonchev–Trinajstić information content (AvgIpc) is 3.23. The maximum Gasteiger partial charge on any atom is 0.319 e. The van der Waals surface area contributed by atoms with Crippen molar-refractivity contribution >= 4 is 17.7 Å². The number of aryl methyl sites for hydroxylation is 1. The number of halogens is 1. The highest BCUT2D eigenvalue weighted by Crippen LogP contribution is 2.33. The monoisotopic (exact) mass is 369 g/mol. The molecule has 3 aromatic rings. The molecule has 1 aromatic heterocycles. The van der Waals surface area contributed by atoms with Crippen molar-refractivity contribution in [1.29, 1.82) is 0 Å². The number of aromatic nitrogens is 3. The lowest BCUT2D eigenvalue weighted by molar-refractivity contribution is -0.137. The van der Waals surface area contributed by atoms with Crippen LogP contribution in [0.25, 0.3) is 17.1 Å². The maximum atomic E-state index is 14.3. The van der Waals surface area contributed by atoms with Crippen molar-refractivity contribution in [2.45, 2.75) is 23.8 Å². The third-order valence-corrected chi connectivity index (χ3v) is 5.36. The van der Waals surface area contributed by atoms with Crippen LogP contribution < -0.4 is 0 Å². The smallest absolute Gasteiger partial charge is 0.319 e. The van der Waals surface area contributed by atoms with Gasteiger partial charge in [-0.25, -0.2) is 4.39 Å². The number of hydrogen-bond acceptors (Lipinski definition) is 5. The lowest BCUT2D eigenvalue weighted by Crippen LogP contribution is -2.11. The van der Waals surface area contributed by atoms with Gasteiger partial charge in [-0.15, -0.1) is 10.2 Å². The molecule has 2 heterocycles. The number of thioether (sulfide) groups is 1. The zero-order valence-corrected chi connectivity index (χ0v) is 14.9. The number of benzene rings is 2. The third-order valence-electron chi connectivity index (χ3n) is 4.18. The molecule has 0 spiro atoms. The van der Waals surface area contributed by atoms with Crippen molar-refractivity contribution in [3.8, 4) is 17.1 Å². The molecule has 0 bridgehead atoms. The molecule has 0 N–H and O–H groups in total. The Morgan fingerprint density at radius 2 is 1.92 bits per heavy atom. The van der Waals surface area contributed by atoms with Gasteiger partial charge in [0.2, 0.25) is 0 Å². The van der Waals surface area contributed by atoms with E-state index >= 15 is 0 Å². The molecule has 4 rings (SSSR count). The second kappa shape index (κ2) is 6.92. The van der Waals surface area contributed by atoms with Crippen molar-refractivity contribution < 1.29 is 13.9 Å². The topological polar surface area (TPSA) is 57.0 Å². The molecular weight excluding hydrogens is 353 g/mol. The van der Waals surface area contributed by atoms with Crippen LogP contribution in [0.4, 0.5) is 4.39 Å². The zero-order chi connectivity index (χ0) is 18.1. The van der Waals surface area contributed by atoms with E-state index in [0.29, 0.717) is 29.6 Å². The van der Waals surface area contributed by atoms with Crippen LogP contribution in [0.5, 0.6) is 0 Å². The Balaban J connectivity index is 1.83. The van der Waals surface area contributed by atoms with E-state index in [4.69, 9.17) is 4.74 Å². The summed E-state index contributed by atoms with van der Waals surface area (Å²) in [6.07, 6.45) is 0.624. The molecule has 0 unspecified atom stereocenters. The molecule has 1 atom stereocenters. The molecule has 0 saturated carbocycles. The summed E-state index contributed by atoms with van der Waals surface area (Å²) in [5.74, 6) is -0.216. The summed E-state index contributed by atoms with van der Waals surface area (Å²) in [7, 11) is 0. The van der Waals surface area contributed by atoms with Gasteiger partial charge >= 0.3 is 5.97 Å². The first-order valence-electron chi connectivity index (χ1n) is 8.24. The predicted octanol–water partition coefficient (Wildman–Crippen LogP) is 3.79. The number of carbonyl (C=O) groups excluding carboxylic acids is 1. The fraction of sp³-hybridized carbons (Fsp3) is 0.211. The number of carbonyl (C=O) groups is 1. The first-order chi connectivity index (χ1) is 12.6. The number of rotatable bonds is 4. The van der Waals surface area contributed by atoms with Gasteiger partial charge in [0.05, 0.1) is 12.2 Å². The van der Waals surface area contributed by atoms with Gasteiger partial charge in [0.1, 0.15) is 11.1 Å². The highest BCUT2D eigenvalue weighted by Gasteiger charge is 2.30. The summed E-state index contributed by atoms with van der Waals surface area (Å²) in [6.45, 7) is 2.41. The van der Waals surface area contributed by atoms with Crippen LogP contribution in [-0.2, 0) is 9.53 Å². The summed E-state index contributed by atoms with van der Waals surface area (Å²) in [4.78, 5) is 11.8. The fourth-order valence-electron chi connectivity index (χ4n) is 2.80. The van der Waals surface area contributed by atoms with Crippen molar-refractivity contribution in [1.82, 2.24) is 14.8 Å². The Morgan fingerprint density at radius 1 is 1.15 bits per heavy atom. The first-order valence-corrected chi connectivity index (χ1v) is 9.12. The lowest BCUT2D eigenvalue weighted by Gasteiger charge is -2.12. The average molecular weight is 369 g/mol. The van der Waals surface area contributed by atoms with Gasteiger partial charge in [-0.2, -0.15) is 0 Å². The SMILES string of the molecule is Cc1ccc(-n2c(S[C@@H]3CCOC3=O)nnc2-c2ccccc2F)cc1. The third kappa shape index (κ3) is 3.10. The van der Waals surface area contributed by atoms with Crippen molar-refractivity contribution in [3.63, 3.8) is 0 Å². The van der Waals surface area contributed by atoms with Crippen LogP contribution in [-0.4, -0.2) is 32.6 Å². The summed E-state index contributed by atoms with van der Waals surface area (Å²) in [5, 5.41) is 8.66. The van der Waals surface area contributed by atoms with Gasteiger partial charge in [-0.3, -0.25) is 9.36 Å². The van der Waals surface area contributed by atoms with E-state index in [9.17, 15) is 9.18 Å². The number of cyclic esters (lactones) is 1. The summed E-state index contributed by atoms with van der Waals surface area (Å²) in [5.41, 5.74) is 2.29. The minimum atomic E-state index is -0.370. The minimum Gasteiger partial charge on any atom is -0.465 e. The standard InChI is InChI=1S/C19H16FN3O2S/c1-12-6-8-13(9-7-12)23-17(14-4-2-3-5-15(14)20)21-22-19(23)26-16-10-11-25-18(16)24/h2-9,16H,10-11H2,1H3/t16-/m1/s1. The quantitative estimate of drug-likeness (QED) is 0.655. The molecule has 1 saturated heterocycles. The second-order valence-electron chi connectivity index (χ2n) is 6.02. The van der Waals surface area contributed by atoms with E-state index in [-0.39, 0.29) is 17.0 Å². The van der Waals surface area contributed by atoms with Gasteiger partial charge in [-0.05, 0) is 31.2 Å². The molecule has 2 aromatic carbocycles. The molecule has 0 amide bonds. The molecule has 1 aliphatic heterocycles. The largest absolute Gasteiger partial charge is 0.465 e. The molecular formula is C19H16FN3O2S. The van der Waals surface area contributed by atoms with Crippen LogP contribution >= 0.6 is 11.8 Å². The van der Waals surface area contributed by atoms with Crippen LogP contribution in [0.3, 0.4) is 0 Å². The van der Waals surface area contributed by atoms with Gasteiger partial charge in [0.25, 0.3) is 0 Å². The van der Waals surface area contributed by atoms with Gasteiger partial charge in [0.15, 0.2) is 11.0 Å². The fourth-order valence-corrected chi connectivity index (χ4v) is 3.82. The van der Waals surface area contributed by atoms with Crippen molar-refractivity contribution in [2.75, 3.05) is 6.61 Å². The molecule has 1 aliphatic rings. The molecule has 132 valence electrons. The summed E-state index contributed by atoms with van der Waals surface area (Å²) in [6, 6.07) is 14.3. The van der Waals surface area contributed by atoms with Crippen LogP contribution in [0.2, 0.25) is 0 Å². The Kier molecular flexibility index (Phi) is 4.46. The van der Waals surface area contributed by atoms with Crippen molar-refractivity contribution in [3.05, 3.63) is 59.9 Å². The minimum absolute atomic E-state index is 0.249. The van der Waals surface area contributed by atoms with Gasteiger partial charge in [-0.1, -0.05) is 41.6 Å². The number of nitrogens with zero attached hydrogens (tertiary/aromatic N) is 3. The summed E-state index contributed by atoms with van der Waals surface area (Å²) < 4.78 is 21.2. The Hall–Kier alpha value is -2.67. The number of esters is 1. The maximum absolute atomic E-state index is 14.3. The van der Waals surface area contributed by atoms with E-state index in [2.05, 4.69) is 10.2 Å². The highest BCUT2D eigenvalue weighted by atomic mass is 32.2. The van der Waals surface area contributed by atoms with E-state index in [1.165, 1.54) is 17.8 Å². The van der Waals surface area contributed by atoms with E-state index in [1.54, 1.807) is 22.8 Å². The summed E-state index contributed by atoms with van der Waals surface area (Å²) >= 11 is 1.30.